The zero-order valence-corrected chi connectivity index (χ0v) is 13.9. The number of benzene rings is 1. The highest BCUT2D eigenvalue weighted by Crippen LogP contribution is 2.05. The predicted octanol–water partition coefficient (Wildman–Crippen LogP) is 0.677. The van der Waals surface area contributed by atoms with Crippen LogP contribution in [-0.2, 0) is 16.0 Å². The fraction of sp³-hybridized carbons (Fsp3) is 0.471. The predicted molar refractivity (Wildman–Crippen MR) is 90.6 cm³/mol. The number of carbonyl (C=O) groups is 3. The molecule has 0 radical (unpaired) electrons. The number of amides is 2. The standard InChI is InChI=1S/C17H25N3O4/c1-2-12-6-8-13(9-7-12)16(23)19-10-4-3-5-14(18)17(24)20-11-15(21)22/h6-9,14H,2-5,10-11,18H2,1H3,(H,19,23)(H,20,24)(H,21,22)/t14-/m1/s1. The lowest BCUT2D eigenvalue weighted by atomic mass is 10.1. The molecule has 0 fully saturated rings. The van der Waals surface area contributed by atoms with E-state index in [4.69, 9.17) is 10.8 Å². The topological polar surface area (TPSA) is 122 Å². The van der Waals surface area contributed by atoms with Gasteiger partial charge in [-0.3, -0.25) is 14.4 Å². The molecule has 0 unspecified atom stereocenters. The molecular weight excluding hydrogens is 310 g/mol. The van der Waals surface area contributed by atoms with Crippen LogP contribution in [0.4, 0.5) is 0 Å². The number of aliphatic carboxylic acids is 1. The highest BCUT2D eigenvalue weighted by Gasteiger charge is 2.13. The molecule has 5 N–H and O–H groups in total. The lowest BCUT2D eigenvalue weighted by Crippen LogP contribution is -2.42. The van der Waals surface area contributed by atoms with E-state index >= 15 is 0 Å². The Hall–Kier alpha value is -2.41. The van der Waals surface area contributed by atoms with Gasteiger partial charge in [-0.1, -0.05) is 19.1 Å². The van der Waals surface area contributed by atoms with Crippen LogP contribution in [0, 0.1) is 0 Å². The third-order valence-corrected chi connectivity index (χ3v) is 3.60. The van der Waals surface area contributed by atoms with E-state index in [2.05, 4.69) is 17.6 Å². The first kappa shape index (κ1) is 19.6. The van der Waals surface area contributed by atoms with Crippen molar-refractivity contribution in [3.8, 4) is 0 Å². The average Bonchev–Trinajstić information content (AvgIpc) is 2.58. The molecule has 7 nitrogen and oxygen atoms in total. The third-order valence-electron chi connectivity index (χ3n) is 3.60. The SMILES string of the molecule is CCc1ccc(C(=O)NCCCC[C@@H](N)C(=O)NCC(=O)O)cc1. The lowest BCUT2D eigenvalue weighted by Gasteiger charge is -2.11. The Morgan fingerprint density at radius 3 is 2.38 bits per heavy atom. The molecule has 132 valence electrons. The summed E-state index contributed by atoms with van der Waals surface area (Å²) in [4.78, 5) is 33.8. The molecule has 0 saturated heterocycles. The second-order valence-electron chi connectivity index (χ2n) is 5.52. The van der Waals surface area contributed by atoms with Crippen molar-refractivity contribution < 1.29 is 19.5 Å². The maximum Gasteiger partial charge on any atom is 0.322 e. The van der Waals surface area contributed by atoms with Crippen molar-refractivity contribution in [3.05, 3.63) is 35.4 Å². The maximum atomic E-state index is 11.9. The molecule has 1 aromatic rings. The zero-order valence-electron chi connectivity index (χ0n) is 13.9. The number of hydrogen-bond donors (Lipinski definition) is 4. The van der Waals surface area contributed by atoms with Gasteiger partial charge in [-0.25, -0.2) is 0 Å². The second-order valence-corrected chi connectivity index (χ2v) is 5.52. The van der Waals surface area contributed by atoms with Crippen LogP contribution in [0.5, 0.6) is 0 Å². The van der Waals surface area contributed by atoms with Crippen molar-refractivity contribution in [2.45, 2.75) is 38.6 Å². The largest absolute Gasteiger partial charge is 0.480 e. The average molecular weight is 335 g/mol. The second kappa shape index (κ2) is 10.4. The van der Waals surface area contributed by atoms with Crippen LogP contribution in [-0.4, -0.2) is 42.0 Å². The summed E-state index contributed by atoms with van der Waals surface area (Å²) in [6.07, 6.45) is 2.73. The Labute approximate surface area is 141 Å². The number of carbonyl (C=O) groups excluding carboxylic acids is 2. The highest BCUT2D eigenvalue weighted by molar-refractivity contribution is 5.94. The number of carboxylic acids is 1. The quantitative estimate of drug-likeness (QED) is 0.468. The zero-order chi connectivity index (χ0) is 17.9. The molecule has 0 aliphatic carbocycles. The van der Waals surface area contributed by atoms with Gasteiger partial charge in [0.1, 0.15) is 6.54 Å². The maximum absolute atomic E-state index is 11.9. The molecule has 2 amide bonds. The van der Waals surface area contributed by atoms with Gasteiger partial charge in [-0.15, -0.1) is 0 Å². The summed E-state index contributed by atoms with van der Waals surface area (Å²) < 4.78 is 0. The molecule has 0 saturated carbocycles. The van der Waals surface area contributed by atoms with Crippen LogP contribution in [0.1, 0.15) is 42.1 Å². The number of unbranched alkanes of at least 4 members (excludes halogenated alkanes) is 1. The van der Waals surface area contributed by atoms with E-state index in [1.807, 2.05) is 12.1 Å². The Balaban J connectivity index is 2.19. The molecule has 0 heterocycles. The minimum Gasteiger partial charge on any atom is -0.480 e. The summed E-state index contributed by atoms with van der Waals surface area (Å²) in [6.45, 7) is 2.12. The molecule has 1 atom stereocenters. The van der Waals surface area contributed by atoms with Crippen LogP contribution in [0.3, 0.4) is 0 Å². The van der Waals surface area contributed by atoms with Crippen LogP contribution in [0.25, 0.3) is 0 Å². The Kier molecular flexibility index (Phi) is 8.49. The Morgan fingerprint density at radius 1 is 1.12 bits per heavy atom. The van der Waals surface area contributed by atoms with Gasteiger partial charge < -0.3 is 21.5 Å². The fourth-order valence-corrected chi connectivity index (χ4v) is 2.11. The number of rotatable bonds is 10. The van der Waals surface area contributed by atoms with Gasteiger partial charge in [0, 0.05) is 12.1 Å². The highest BCUT2D eigenvalue weighted by atomic mass is 16.4. The van der Waals surface area contributed by atoms with Crippen molar-refractivity contribution in [1.29, 1.82) is 0 Å². The number of nitrogens with two attached hydrogens (primary N) is 1. The van der Waals surface area contributed by atoms with Crippen LogP contribution in [0.2, 0.25) is 0 Å². The van der Waals surface area contributed by atoms with E-state index in [1.165, 1.54) is 5.56 Å². The first-order valence-corrected chi connectivity index (χ1v) is 8.06. The van der Waals surface area contributed by atoms with Gasteiger partial charge >= 0.3 is 5.97 Å². The Morgan fingerprint density at radius 2 is 1.79 bits per heavy atom. The summed E-state index contributed by atoms with van der Waals surface area (Å²) in [7, 11) is 0. The molecule has 0 aliphatic heterocycles. The summed E-state index contributed by atoms with van der Waals surface area (Å²) >= 11 is 0. The molecule has 0 aromatic heterocycles. The molecule has 0 aliphatic rings. The van der Waals surface area contributed by atoms with Crippen molar-refractivity contribution in [2.75, 3.05) is 13.1 Å². The van der Waals surface area contributed by atoms with E-state index < -0.39 is 24.5 Å². The van der Waals surface area contributed by atoms with Gasteiger partial charge in [0.25, 0.3) is 5.91 Å². The molecular formula is C17H25N3O4. The van der Waals surface area contributed by atoms with Crippen LogP contribution >= 0.6 is 0 Å². The van der Waals surface area contributed by atoms with E-state index in [9.17, 15) is 14.4 Å². The summed E-state index contributed by atoms with van der Waals surface area (Å²) in [5.41, 5.74) is 7.48. The monoisotopic (exact) mass is 335 g/mol. The molecule has 7 heteroatoms. The number of nitrogens with one attached hydrogen (secondary N) is 2. The molecule has 24 heavy (non-hydrogen) atoms. The first-order chi connectivity index (χ1) is 11.4. The van der Waals surface area contributed by atoms with E-state index in [1.54, 1.807) is 12.1 Å². The summed E-state index contributed by atoms with van der Waals surface area (Å²) in [6, 6.07) is 6.74. The first-order valence-electron chi connectivity index (χ1n) is 8.06. The van der Waals surface area contributed by atoms with Gasteiger partial charge in [0.15, 0.2) is 0 Å². The van der Waals surface area contributed by atoms with Crippen LogP contribution < -0.4 is 16.4 Å². The number of aryl methyl sites for hydroxylation is 1. The van der Waals surface area contributed by atoms with E-state index in [-0.39, 0.29) is 5.91 Å². The minimum absolute atomic E-state index is 0.124. The normalized spacial score (nSPS) is 11.6. The van der Waals surface area contributed by atoms with E-state index in [0.29, 0.717) is 31.4 Å². The number of hydrogen-bond acceptors (Lipinski definition) is 4. The molecule has 1 rings (SSSR count). The lowest BCUT2D eigenvalue weighted by molar-refractivity contribution is -0.138. The summed E-state index contributed by atoms with van der Waals surface area (Å²) in [5, 5.41) is 13.5. The van der Waals surface area contributed by atoms with Gasteiger partial charge in [0.2, 0.25) is 5.91 Å². The molecule has 0 bridgehead atoms. The number of carboxylic acid groups (broad SMARTS) is 1. The Bertz CT molecular complexity index is 557. The van der Waals surface area contributed by atoms with Crippen molar-refractivity contribution in [1.82, 2.24) is 10.6 Å². The van der Waals surface area contributed by atoms with Crippen molar-refractivity contribution >= 4 is 17.8 Å². The smallest absolute Gasteiger partial charge is 0.322 e. The minimum atomic E-state index is -1.11. The van der Waals surface area contributed by atoms with E-state index in [0.717, 1.165) is 6.42 Å². The van der Waals surface area contributed by atoms with Gasteiger partial charge in [-0.05, 0) is 43.4 Å². The summed E-state index contributed by atoms with van der Waals surface area (Å²) in [5.74, 6) is -1.70. The fourth-order valence-electron chi connectivity index (χ4n) is 2.11. The van der Waals surface area contributed by atoms with Gasteiger partial charge in [-0.2, -0.15) is 0 Å². The third kappa shape index (κ3) is 7.23. The van der Waals surface area contributed by atoms with Crippen LogP contribution in [0.15, 0.2) is 24.3 Å². The molecule has 0 spiro atoms. The van der Waals surface area contributed by atoms with Gasteiger partial charge in [0.05, 0.1) is 6.04 Å². The molecule has 1 aromatic carbocycles. The van der Waals surface area contributed by atoms with Crippen molar-refractivity contribution in [3.63, 3.8) is 0 Å². The van der Waals surface area contributed by atoms with Crippen molar-refractivity contribution in [2.24, 2.45) is 5.73 Å².